The second-order valence-corrected chi connectivity index (χ2v) is 6.61. The number of hydrogen-bond donors (Lipinski definition) is 3. The Bertz CT molecular complexity index is 316. The fourth-order valence-corrected chi connectivity index (χ4v) is 5.17. The SMILES string of the molecule is CC(NN)(C(=O)O)C1C2CC3CC(C2)CC1C3. The van der Waals surface area contributed by atoms with E-state index >= 15 is 0 Å². The number of carboxylic acids is 1. The van der Waals surface area contributed by atoms with E-state index in [2.05, 4.69) is 5.43 Å². The molecule has 96 valence electrons. The Morgan fingerprint density at radius 1 is 1.18 bits per heavy atom. The van der Waals surface area contributed by atoms with Crippen LogP contribution in [0.3, 0.4) is 0 Å². The summed E-state index contributed by atoms with van der Waals surface area (Å²) in [5.41, 5.74) is 1.66. The van der Waals surface area contributed by atoms with E-state index in [9.17, 15) is 9.90 Å². The molecule has 0 amide bonds. The summed E-state index contributed by atoms with van der Waals surface area (Å²) in [4.78, 5) is 11.5. The Labute approximate surface area is 102 Å². The molecule has 1 unspecified atom stereocenters. The van der Waals surface area contributed by atoms with Crippen molar-refractivity contribution >= 4 is 5.97 Å². The molecule has 4 heteroatoms. The maximum atomic E-state index is 11.5. The highest BCUT2D eigenvalue weighted by molar-refractivity contribution is 5.78. The normalized spacial score (nSPS) is 46.8. The molecule has 0 aromatic carbocycles. The van der Waals surface area contributed by atoms with Crippen LogP contribution in [0.1, 0.15) is 39.0 Å². The summed E-state index contributed by atoms with van der Waals surface area (Å²) in [5, 5.41) is 9.47. The lowest BCUT2D eigenvalue weighted by atomic mass is 9.48. The first-order valence-electron chi connectivity index (χ1n) is 6.75. The lowest BCUT2D eigenvalue weighted by Crippen LogP contribution is -2.65. The van der Waals surface area contributed by atoms with E-state index in [-0.39, 0.29) is 5.92 Å². The zero-order valence-electron chi connectivity index (χ0n) is 10.4. The topological polar surface area (TPSA) is 75.3 Å². The van der Waals surface area contributed by atoms with Gasteiger partial charge in [0.25, 0.3) is 0 Å². The summed E-state index contributed by atoms with van der Waals surface area (Å²) >= 11 is 0. The average Bonchev–Trinajstić information content (AvgIpc) is 2.26. The van der Waals surface area contributed by atoms with Gasteiger partial charge < -0.3 is 5.11 Å². The molecule has 4 bridgehead atoms. The van der Waals surface area contributed by atoms with Crippen LogP contribution in [0.2, 0.25) is 0 Å². The standard InChI is InChI=1S/C13H22N2O2/c1-13(15-14,12(16)17)11-9-3-7-2-8(5-9)6-10(11)4-7/h7-11,15H,2-6,14H2,1H3,(H,16,17). The molecule has 0 heterocycles. The van der Waals surface area contributed by atoms with Gasteiger partial charge in [0.2, 0.25) is 0 Å². The van der Waals surface area contributed by atoms with Crippen molar-refractivity contribution < 1.29 is 9.90 Å². The van der Waals surface area contributed by atoms with Gasteiger partial charge in [0.05, 0.1) is 0 Å². The fraction of sp³-hybridized carbons (Fsp3) is 0.923. The van der Waals surface area contributed by atoms with Gasteiger partial charge in [-0.2, -0.15) is 0 Å². The minimum absolute atomic E-state index is 0.220. The molecular weight excluding hydrogens is 216 g/mol. The number of aliphatic carboxylic acids is 1. The summed E-state index contributed by atoms with van der Waals surface area (Å²) in [5.74, 6) is 7.86. The largest absolute Gasteiger partial charge is 0.480 e. The first-order valence-corrected chi connectivity index (χ1v) is 6.75. The quantitative estimate of drug-likeness (QED) is 0.512. The van der Waals surface area contributed by atoms with Gasteiger partial charge in [0.15, 0.2) is 0 Å². The van der Waals surface area contributed by atoms with Gasteiger partial charge in [0, 0.05) is 0 Å². The zero-order valence-corrected chi connectivity index (χ0v) is 10.4. The van der Waals surface area contributed by atoms with Gasteiger partial charge >= 0.3 is 5.97 Å². The number of hydrogen-bond acceptors (Lipinski definition) is 3. The van der Waals surface area contributed by atoms with Crippen LogP contribution in [0.15, 0.2) is 0 Å². The molecule has 0 saturated heterocycles. The third kappa shape index (κ3) is 1.54. The highest BCUT2D eigenvalue weighted by atomic mass is 16.4. The third-order valence-corrected chi connectivity index (χ3v) is 5.64. The first-order chi connectivity index (χ1) is 8.04. The molecule has 4 nitrogen and oxygen atoms in total. The molecule has 0 radical (unpaired) electrons. The van der Waals surface area contributed by atoms with Crippen LogP contribution in [0.25, 0.3) is 0 Å². The van der Waals surface area contributed by atoms with Crippen LogP contribution in [-0.4, -0.2) is 16.6 Å². The maximum absolute atomic E-state index is 11.5. The van der Waals surface area contributed by atoms with Gasteiger partial charge in [-0.05, 0) is 68.6 Å². The molecule has 4 aliphatic rings. The van der Waals surface area contributed by atoms with E-state index < -0.39 is 11.5 Å². The van der Waals surface area contributed by atoms with Gasteiger partial charge in [-0.25, -0.2) is 5.43 Å². The smallest absolute Gasteiger partial charge is 0.325 e. The summed E-state index contributed by atoms with van der Waals surface area (Å²) < 4.78 is 0. The number of hydrazine groups is 1. The molecule has 0 aromatic heterocycles. The highest BCUT2D eigenvalue weighted by Gasteiger charge is 2.56. The third-order valence-electron chi connectivity index (χ3n) is 5.64. The molecule has 1 atom stereocenters. The van der Waals surface area contributed by atoms with Crippen molar-refractivity contribution in [1.82, 2.24) is 5.43 Å². The van der Waals surface area contributed by atoms with Crippen molar-refractivity contribution in [1.29, 1.82) is 0 Å². The molecule has 4 N–H and O–H groups in total. The van der Waals surface area contributed by atoms with Crippen molar-refractivity contribution in [3.63, 3.8) is 0 Å². The second-order valence-electron chi connectivity index (χ2n) is 6.61. The summed E-state index contributed by atoms with van der Waals surface area (Å²) in [6.45, 7) is 1.77. The summed E-state index contributed by atoms with van der Waals surface area (Å²) in [6, 6.07) is 0. The van der Waals surface area contributed by atoms with Crippen LogP contribution in [-0.2, 0) is 4.79 Å². The van der Waals surface area contributed by atoms with Crippen LogP contribution in [0.4, 0.5) is 0 Å². The van der Waals surface area contributed by atoms with Crippen molar-refractivity contribution in [2.45, 2.75) is 44.6 Å². The fourth-order valence-electron chi connectivity index (χ4n) is 5.17. The van der Waals surface area contributed by atoms with E-state index in [1.54, 1.807) is 6.92 Å². The Kier molecular flexibility index (Phi) is 2.49. The lowest BCUT2D eigenvalue weighted by Gasteiger charge is -2.58. The Morgan fingerprint density at radius 2 is 1.65 bits per heavy atom. The van der Waals surface area contributed by atoms with Crippen LogP contribution in [0, 0.1) is 29.6 Å². The number of carboxylic acid groups (broad SMARTS) is 1. The summed E-state index contributed by atoms with van der Waals surface area (Å²) in [6.07, 6.45) is 6.29. The first kappa shape index (κ1) is 11.5. The molecule has 0 aromatic rings. The van der Waals surface area contributed by atoms with Crippen molar-refractivity contribution in [2.24, 2.45) is 35.4 Å². The lowest BCUT2D eigenvalue weighted by molar-refractivity contribution is -0.156. The van der Waals surface area contributed by atoms with E-state index in [4.69, 9.17) is 5.84 Å². The van der Waals surface area contributed by atoms with Crippen molar-refractivity contribution in [3.8, 4) is 0 Å². The molecule has 4 aliphatic carbocycles. The van der Waals surface area contributed by atoms with Gasteiger partial charge in [-0.3, -0.25) is 10.6 Å². The predicted molar refractivity (Wildman–Crippen MR) is 63.9 cm³/mol. The number of nitrogens with one attached hydrogen (secondary N) is 1. The molecular formula is C13H22N2O2. The predicted octanol–water partition coefficient (Wildman–Crippen LogP) is 1.37. The Hall–Kier alpha value is -0.610. The average molecular weight is 238 g/mol. The maximum Gasteiger partial charge on any atom is 0.325 e. The van der Waals surface area contributed by atoms with Gasteiger partial charge in [-0.15, -0.1) is 0 Å². The molecule has 0 spiro atoms. The molecule has 17 heavy (non-hydrogen) atoms. The van der Waals surface area contributed by atoms with Crippen molar-refractivity contribution in [3.05, 3.63) is 0 Å². The number of rotatable bonds is 3. The van der Waals surface area contributed by atoms with Crippen LogP contribution in [0.5, 0.6) is 0 Å². The van der Waals surface area contributed by atoms with E-state index in [1.165, 1.54) is 32.1 Å². The second kappa shape index (κ2) is 3.69. The number of carbonyl (C=O) groups is 1. The Balaban J connectivity index is 1.91. The van der Waals surface area contributed by atoms with E-state index in [0.717, 1.165) is 11.8 Å². The Morgan fingerprint density at radius 3 is 2.00 bits per heavy atom. The zero-order chi connectivity index (χ0) is 12.2. The van der Waals surface area contributed by atoms with Gasteiger partial charge in [0.1, 0.15) is 5.54 Å². The molecule has 0 aliphatic heterocycles. The van der Waals surface area contributed by atoms with Crippen LogP contribution < -0.4 is 11.3 Å². The van der Waals surface area contributed by atoms with E-state index in [0.29, 0.717) is 11.8 Å². The molecule has 4 rings (SSSR count). The van der Waals surface area contributed by atoms with Gasteiger partial charge in [-0.1, -0.05) is 0 Å². The minimum Gasteiger partial charge on any atom is -0.480 e. The van der Waals surface area contributed by atoms with Crippen molar-refractivity contribution in [2.75, 3.05) is 0 Å². The summed E-state index contributed by atoms with van der Waals surface area (Å²) in [7, 11) is 0. The van der Waals surface area contributed by atoms with Crippen LogP contribution >= 0.6 is 0 Å². The monoisotopic (exact) mass is 238 g/mol. The molecule has 4 fully saturated rings. The minimum atomic E-state index is -0.942. The van der Waals surface area contributed by atoms with E-state index in [1.807, 2.05) is 0 Å². The molecule has 4 saturated carbocycles. The number of nitrogens with two attached hydrogens (primary N) is 1. The highest BCUT2D eigenvalue weighted by Crippen LogP contribution is 2.58.